The summed E-state index contributed by atoms with van der Waals surface area (Å²) in [5.41, 5.74) is 0.661. The molecule has 0 atom stereocenters. The molecule has 1 aromatic rings. The number of aromatic nitrogens is 1. The average molecular weight is 166 g/mol. The maximum Gasteiger partial charge on any atom is 0.213 e. The molecule has 12 heavy (non-hydrogen) atoms. The first kappa shape index (κ1) is 8.52. The van der Waals surface area contributed by atoms with Gasteiger partial charge in [0.1, 0.15) is 0 Å². The van der Waals surface area contributed by atoms with Crippen molar-refractivity contribution in [2.45, 2.75) is 6.92 Å². The fraction of sp³-hybridized carbons (Fsp3) is 0.250. The van der Waals surface area contributed by atoms with Crippen LogP contribution in [0.25, 0.3) is 0 Å². The van der Waals surface area contributed by atoms with E-state index in [0.29, 0.717) is 24.6 Å². The number of rotatable bonds is 4. The topological polar surface area (TPSA) is 51.2 Å². The Morgan fingerprint density at radius 2 is 2.50 bits per heavy atom. The van der Waals surface area contributed by atoms with Crippen molar-refractivity contribution in [3.63, 3.8) is 0 Å². The highest BCUT2D eigenvalue weighted by atomic mass is 16.5. The first-order valence-corrected chi connectivity index (χ1v) is 3.66. The summed E-state index contributed by atoms with van der Waals surface area (Å²) in [6, 6.07) is 3.43. The highest BCUT2D eigenvalue weighted by molar-refractivity contribution is 5.70. The van der Waals surface area contributed by atoms with Crippen molar-refractivity contribution in [2.24, 2.45) is 0 Å². The van der Waals surface area contributed by atoms with Crippen LogP contribution in [-0.2, 0) is 4.79 Å². The Kier molecular flexibility index (Phi) is 3.07. The second-order valence-electron chi connectivity index (χ2n) is 2.08. The molecule has 0 saturated carbocycles. The van der Waals surface area contributed by atoms with E-state index < -0.39 is 0 Å². The molecule has 0 radical (unpaired) electrons. The van der Waals surface area contributed by atoms with Gasteiger partial charge in [0.15, 0.2) is 0 Å². The van der Waals surface area contributed by atoms with Gasteiger partial charge in [0.25, 0.3) is 0 Å². The molecule has 0 aliphatic rings. The number of pyridine rings is 1. The van der Waals surface area contributed by atoms with Gasteiger partial charge in [-0.25, -0.2) is 4.98 Å². The number of anilines is 1. The number of carbonyl (C=O) groups is 1. The van der Waals surface area contributed by atoms with Crippen LogP contribution in [0.4, 0.5) is 5.69 Å². The number of carbonyl (C=O) groups excluding carboxylic acids is 1. The van der Waals surface area contributed by atoms with Gasteiger partial charge < -0.3 is 10.1 Å². The lowest BCUT2D eigenvalue weighted by Gasteiger charge is -2.01. The second-order valence-corrected chi connectivity index (χ2v) is 2.08. The predicted octanol–water partition coefficient (Wildman–Crippen LogP) is 1.05. The van der Waals surface area contributed by atoms with Crippen molar-refractivity contribution >= 4 is 12.1 Å². The number of hydrogen-bond donors (Lipinski definition) is 1. The fourth-order valence-corrected chi connectivity index (χ4v) is 0.767. The van der Waals surface area contributed by atoms with Gasteiger partial charge >= 0.3 is 0 Å². The summed E-state index contributed by atoms with van der Waals surface area (Å²) in [4.78, 5) is 14.0. The Balaban J connectivity index is 2.64. The van der Waals surface area contributed by atoms with Gasteiger partial charge in [0.2, 0.25) is 12.3 Å². The molecule has 0 unspecified atom stereocenters. The Bertz CT molecular complexity index is 246. The minimum Gasteiger partial charge on any atom is -0.478 e. The molecule has 4 nitrogen and oxygen atoms in total. The van der Waals surface area contributed by atoms with Crippen molar-refractivity contribution in [2.75, 3.05) is 11.9 Å². The van der Waals surface area contributed by atoms with Gasteiger partial charge in [0, 0.05) is 6.07 Å². The van der Waals surface area contributed by atoms with Crippen LogP contribution in [0.1, 0.15) is 6.92 Å². The predicted molar refractivity (Wildman–Crippen MR) is 45.1 cm³/mol. The molecule has 1 rings (SSSR count). The monoisotopic (exact) mass is 166 g/mol. The molecule has 0 aliphatic heterocycles. The molecule has 1 N–H and O–H groups in total. The number of nitrogens with zero attached hydrogens (tertiary/aromatic N) is 1. The molecule has 64 valence electrons. The Morgan fingerprint density at radius 3 is 3.00 bits per heavy atom. The summed E-state index contributed by atoms with van der Waals surface area (Å²) in [5.74, 6) is 0.564. The smallest absolute Gasteiger partial charge is 0.213 e. The van der Waals surface area contributed by atoms with Gasteiger partial charge in [-0.2, -0.15) is 0 Å². The van der Waals surface area contributed by atoms with Crippen molar-refractivity contribution in [1.82, 2.24) is 4.98 Å². The SMILES string of the molecule is CCOc1ccc(NC=O)cn1. The summed E-state index contributed by atoms with van der Waals surface area (Å²) >= 11 is 0. The Hall–Kier alpha value is -1.58. The van der Waals surface area contributed by atoms with Gasteiger partial charge in [0.05, 0.1) is 18.5 Å². The van der Waals surface area contributed by atoms with E-state index >= 15 is 0 Å². The third-order valence-corrected chi connectivity index (χ3v) is 1.25. The lowest BCUT2D eigenvalue weighted by atomic mass is 10.4. The van der Waals surface area contributed by atoms with Crippen LogP contribution in [0.2, 0.25) is 0 Å². The van der Waals surface area contributed by atoms with E-state index in [0.717, 1.165) is 0 Å². The summed E-state index contributed by atoms with van der Waals surface area (Å²) < 4.78 is 5.11. The molecule has 0 aromatic carbocycles. The Labute approximate surface area is 70.6 Å². The number of amides is 1. The second kappa shape index (κ2) is 4.33. The summed E-state index contributed by atoms with van der Waals surface area (Å²) in [7, 11) is 0. The van der Waals surface area contributed by atoms with Crippen molar-refractivity contribution in [3.8, 4) is 5.88 Å². The van der Waals surface area contributed by atoms with Crippen LogP contribution < -0.4 is 10.1 Å². The van der Waals surface area contributed by atoms with Crippen LogP contribution in [0, 0.1) is 0 Å². The molecule has 0 fully saturated rings. The maximum atomic E-state index is 10.0. The van der Waals surface area contributed by atoms with E-state index in [4.69, 9.17) is 4.74 Å². The summed E-state index contributed by atoms with van der Waals surface area (Å²) in [6.45, 7) is 2.48. The molecular weight excluding hydrogens is 156 g/mol. The van der Waals surface area contributed by atoms with Gasteiger partial charge in [-0.3, -0.25) is 4.79 Å². The third kappa shape index (κ3) is 2.23. The molecule has 1 amide bonds. The van der Waals surface area contributed by atoms with E-state index in [1.807, 2.05) is 6.92 Å². The van der Waals surface area contributed by atoms with Gasteiger partial charge in [-0.1, -0.05) is 0 Å². The van der Waals surface area contributed by atoms with E-state index in [2.05, 4.69) is 10.3 Å². The highest BCUT2D eigenvalue weighted by Gasteiger charge is 1.93. The standard InChI is InChI=1S/C8H10N2O2/c1-2-12-8-4-3-7(5-9-8)10-6-11/h3-6H,2H2,1H3,(H,10,11). The first-order chi connectivity index (χ1) is 5.86. The van der Waals surface area contributed by atoms with Crippen molar-refractivity contribution < 1.29 is 9.53 Å². The average Bonchev–Trinajstić information content (AvgIpc) is 2.09. The molecule has 0 spiro atoms. The lowest BCUT2D eigenvalue weighted by Crippen LogP contribution is -1.97. The Morgan fingerprint density at radius 1 is 1.67 bits per heavy atom. The number of ether oxygens (including phenoxy) is 1. The van der Waals surface area contributed by atoms with Crippen LogP contribution in [0.5, 0.6) is 5.88 Å². The molecule has 0 aliphatic carbocycles. The van der Waals surface area contributed by atoms with E-state index in [1.165, 1.54) is 0 Å². The summed E-state index contributed by atoms with van der Waals surface area (Å²) in [5, 5.41) is 2.48. The zero-order valence-corrected chi connectivity index (χ0v) is 6.78. The molecule has 1 heterocycles. The minimum absolute atomic E-state index is 0.564. The van der Waals surface area contributed by atoms with Crippen LogP contribution in [0.15, 0.2) is 18.3 Å². The zero-order valence-electron chi connectivity index (χ0n) is 6.78. The van der Waals surface area contributed by atoms with Gasteiger partial charge in [-0.05, 0) is 13.0 Å². The van der Waals surface area contributed by atoms with Crippen LogP contribution in [0.3, 0.4) is 0 Å². The van der Waals surface area contributed by atoms with Crippen LogP contribution in [-0.4, -0.2) is 18.0 Å². The third-order valence-electron chi connectivity index (χ3n) is 1.25. The first-order valence-electron chi connectivity index (χ1n) is 3.66. The van der Waals surface area contributed by atoms with E-state index in [-0.39, 0.29) is 0 Å². The molecular formula is C8H10N2O2. The molecule has 1 aromatic heterocycles. The number of hydrogen-bond acceptors (Lipinski definition) is 3. The fourth-order valence-electron chi connectivity index (χ4n) is 0.767. The van der Waals surface area contributed by atoms with Gasteiger partial charge in [-0.15, -0.1) is 0 Å². The zero-order chi connectivity index (χ0) is 8.81. The van der Waals surface area contributed by atoms with Crippen molar-refractivity contribution in [1.29, 1.82) is 0 Å². The number of nitrogens with one attached hydrogen (secondary N) is 1. The normalized spacial score (nSPS) is 9.08. The van der Waals surface area contributed by atoms with Crippen LogP contribution >= 0.6 is 0 Å². The quantitative estimate of drug-likeness (QED) is 0.680. The molecule has 0 bridgehead atoms. The van der Waals surface area contributed by atoms with E-state index in [1.54, 1.807) is 18.3 Å². The molecule has 4 heteroatoms. The lowest BCUT2D eigenvalue weighted by molar-refractivity contribution is -0.105. The summed E-state index contributed by atoms with van der Waals surface area (Å²) in [6.07, 6.45) is 2.15. The minimum atomic E-state index is 0.564. The maximum absolute atomic E-state index is 10.0. The largest absolute Gasteiger partial charge is 0.478 e. The highest BCUT2D eigenvalue weighted by Crippen LogP contribution is 2.10. The van der Waals surface area contributed by atoms with E-state index in [9.17, 15) is 4.79 Å². The van der Waals surface area contributed by atoms with Crippen molar-refractivity contribution in [3.05, 3.63) is 18.3 Å². The molecule has 0 saturated heterocycles.